The summed E-state index contributed by atoms with van der Waals surface area (Å²) < 4.78 is 12.8. The van der Waals surface area contributed by atoms with Gasteiger partial charge in [-0.05, 0) is 38.0 Å². The van der Waals surface area contributed by atoms with E-state index < -0.39 is 0 Å². The Bertz CT molecular complexity index is 636. The highest BCUT2D eigenvalue weighted by Crippen LogP contribution is 2.16. The largest absolute Gasteiger partial charge is 0.356 e. The Kier molecular flexibility index (Phi) is 9.20. The Hall–Kier alpha value is -1.22. The molecule has 2 rings (SSSR count). The Balaban J connectivity index is 0.00000288. The van der Waals surface area contributed by atoms with E-state index >= 15 is 0 Å². The second kappa shape index (κ2) is 10.6. The van der Waals surface area contributed by atoms with E-state index in [0.717, 1.165) is 48.2 Å². The third-order valence-corrected chi connectivity index (χ3v) is 4.68. The van der Waals surface area contributed by atoms with Crippen molar-refractivity contribution in [3.8, 4) is 0 Å². The van der Waals surface area contributed by atoms with Gasteiger partial charge in [0.15, 0.2) is 5.96 Å². The molecule has 0 aliphatic rings. The molecule has 0 atom stereocenters. The summed E-state index contributed by atoms with van der Waals surface area (Å²) >= 11 is 1.75. The van der Waals surface area contributed by atoms with Crippen LogP contribution in [0.4, 0.5) is 4.39 Å². The first kappa shape index (κ1) is 20.8. The lowest BCUT2D eigenvalue weighted by atomic mass is 10.1. The molecular weight excluding hydrogens is 438 g/mol. The Morgan fingerprint density at radius 2 is 1.75 bits per heavy atom. The van der Waals surface area contributed by atoms with Crippen LogP contribution < -0.4 is 10.6 Å². The highest BCUT2D eigenvalue weighted by atomic mass is 127. The molecule has 1 aromatic carbocycles. The van der Waals surface area contributed by atoms with Crippen LogP contribution in [0.3, 0.4) is 0 Å². The van der Waals surface area contributed by atoms with Gasteiger partial charge in [-0.3, -0.25) is 4.99 Å². The molecule has 0 saturated heterocycles. The molecule has 0 unspecified atom stereocenters. The zero-order valence-electron chi connectivity index (χ0n) is 14.2. The number of nitrogens with one attached hydrogen (secondary N) is 2. The molecule has 0 radical (unpaired) electrons. The predicted octanol–water partition coefficient (Wildman–Crippen LogP) is 3.47. The van der Waals surface area contributed by atoms with Crippen molar-refractivity contribution < 1.29 is 4.39 Å². The Labute approximate surface area is 164 Å². The van der Waals surface area contributed by atoms with Gasteiger partial charge in [0.2, 0.25) is 0 Å². The molecule has 2 aromatic rings. The number of aliphatic imine (C=N–C) groups is 1. The average Bonchev–Trinajstić information content (AvgIpc) is 2.86. The predicted molar refractivity (Wildman–Crippen MR) is 110 cm³/mol. The van der Waals surface area contributed by atoms with Crippen molar-refractivity contribution in [3.63, 3.8) is 0 Å². The lowest BCUT2D eigenvalue weighted by molar-refractivity contribution is 0.626. The van der Waals surface area contributed by atoms with E-state index in [1.807, 2.05) is 6.92 Å². The molecule has 0 aliphatic carbocycles. The van der Waals surface area contributed by atoms with Crippen LogP contribution in [0.1, 0.15) is 21.1 Å². The van der Waals surface area contributed by atoms with Gasteiger partial charge < -0.3 is 10.6 Å². The van der Waals surface area contributed by atoms with Gasteiger partial charge in [0.05, 0.1) is 10.7 Å². The minimum Gasteiger partial charge on any atom is -0.356 e. The summed E-state index contributed by atoms with van der Waals surface area (Å²) in [6, 6.07) is 6.58. The maximum absolute atomic E-state index is 12.8. The van der Waals surface area contributed by atoms with Gasteiger partial charge in [-0.1, -0.05) is 12.1 Å². The number of thiazole rings is 1. The fraction of sp³-hybridized carbons (Fsp3) is 0.412. The molecule has 4 nitrogen and oxygen atoms in total. The number of hydrogen-bond acceptors (Lipinski definition) is 3. The lowest BCUT2D eigenvalue weighted by Crippen LogP contribution is -2.39. The number of guanidine groups is 1. The average molecular weight is 462 g/mol. The fourth-order valence-corrected chi connectivity index (χ4v) is 3.06. The molecule has 7 heteroatoms. The van der Waals surface area contributed by atoms with Crippen LogP contribution in [0.25, 0.3) is 0 Å². The van der Waals surface area contributed by atoms with Crippen molar-refractivity contribution in [2.75, 3.05) is 20.1 Å². The maximum Gasteiger partial charge on any atom is 0.191 e. The summed E-state index contributed by atoms with van der Waals surface area (Å²) in [5.41, 5.74) is 2.22. The fourth-order valence-electron chi connectivity index (χ4n) is 2.13. The van der Waals surface area contributed by atoms with Crippen LogP contribution >= 0.6 is 35.3 Å². The first-order valence-electron chi connectivity index (χ1n) is 7.70. The number of benzene rings is 1. The van der Waals surface area contributed by atoms with E-state index in [-0.39, 0.29) is 29.8 Å². The standard InChI is InChI=1S/C17H23FN4S.HI/c1-12-13(2)23-16(22-12)9-11-21-17(19-3)20-10-8-14-4-6-15(18)7-5-14;/h4-7H,8-11H2,1-3H3,(H2,19,20,21);1H. The number of rotatable bonds is 6. The zero-order chi connectivity index (χ0) is 16.7. The van der Waals surface area contributed by atoms with Crippen molar-refractivity contribution in [1.82, 2.24) is 15.6 Å². The summed E-state index contributed by atoms with van der Waals surface area (Å²) in [5.74, 6) is 0.573. The highest BCUT2D eigenvalue weighted by molar-refractivity contribution is 14.0. The Morgan fingerprint density at radius 3 is 2.29 bits per heavy atom. The Morgan fingerprint density at radius 1 is 1.12 bits per heavy atom. The van der Waals surface area contributed by atoms with Gasteiger partial charge in [0, 0.05) is 31.4 Å². The quantitative estimate of drug-likeness (QED) is 0.393. The molecule has 2 N–H and O–H groups in total. The molecule has 1 aromatic heterocycles. The molecule has 0 fully saturated rings. The second-order valence-electron chi connectivity index (χ2n) is 5.30. The summed E-state index contributed by atoms with van der Waals surface area (Å²) in [7, 11) is 1.75. The van der Waals surface area contributed by atoms with Crippen molar-refractivity contribution in [2.45, 2.75) is 26.7 Å². The number of nitrogens with zero attached hydrogens (tertiary/aromatic N) is 2. The molecular formula is C17H24FIN4S. The van der Waals surface area contributed by atoms with E-state index in [9.17, 15) is 4.39 Å². The van der Waals surface area contributed by atoms with Crippen molar-refractivity contribution in [3.05, 3.63) is 51.2 Å². The van der Waals surface area contributed by atoms with Gasteiger partial charge in [-0.2, -0.15) is 0 Å². The number of aromatic nitrogens is 1. The smallest absolute Gasteiger partial charge is 0.191 e. The zero-order valence-corrected chi connectivity index (χ0v) is 17.4. The molecule has 1 heterocycles. The SMILES string of the molecule is CN=C(NCCc1ccc(F)cc1)NCCc1nc(C)c(C)s1.I. The molecule has 0 spiro atoms. The highest BCUT2D eigenvalue weighted by Gasteiger charge is 2.04. The van der Waals surface area contributed by atoms with E-state index in [0.29, 0.717) is 0 Å². The minimum atomic E-state index is -0.202. The van der Waals surface area contributed by atoms with Crippen molar-refractivity contribution in [1.29, 1.82) is 0 Å². The monoisotopic (exact) mass is 462 g/mol. The first-order chi connectivity index (χ1) is 11.1. The third kappa shape index (κ3) is 6.72. The van der Waals surface area contributed by atoms with Crippen LogP contribution in [0.5, 0.6) is 0 Å². The van der Waals surface area contributed by atoms with Crippen LogP contribution in [-0.2, 0) is 12.8 Å². The minimum absolute atomic E-state index is 0. The molecule has 0 aliphatic heterocycles. The van der Waals surface area contributed by atoms with Gasteiger partial charge in [0.25, 0.3) is 0 Å². The summed E-state index contributed by atoms with van der Waals surface area (Å²) in [4.78, 5) is 10.0. The summed E-state index contributed by atoms with van der Waals surface area (Å²) in [6.45, 7) is 5.68. The van der Waals surface area contributed by atoms with Crippen LogP contribution in [0.2, 0.25) is 0 Å². The lowest BCUT2D eigenvalue weighted by Gasteiger charge is -2.11. The van der Waals surface area contributed by atoms with Crippen LogP contribution in [-0.4, -0.2) is 31.1 Å². The van der Waals surface area contributed by atoms with Gasteiger partial charge in [-0.25, -0.2) is 9.37 Å². The molecule has 0 saturated carbocycles. The van der Waals surface area contributed by atoms with Crippen LogP contribution in [0.15, 0.2) is 29.3 Å². The van der Waals surface area contributed by atoms with Crippen molar-refractivity contribution in [2.24, 2.45) is 4.99 Å². The molecule has 132 valence electrons. The summed E-state index contributed by atoms with van der Waals surface area (Å²) in [5, 5.41) is 7.70. The van der Waals surface area contributed by atoms with Gasteiger partial charge in [0.1, 0.15) is 5.82 Å². The second-order valence-corrected chi connectivity index (χ2v) is 6.59. The number of aryl methyl sites for hydroxylation is 2. The first-order valence-corrected chi connectivity index (χ1v) is 8.52. The van der Waals surface area contributed by atoms with Crippen LogP contribution in [0, 0.1) is 19.7 Å². The topological polar surface area (TPSA) is 49.3 Å². The third-order valence-electron chi connectivity index (χ3n) is 3.55. The molecule has 24 heavy (non-hydrogen) atoms. The van der Waals surface area contributed by atoms with E-state index in [1.165, 1.54) is 17.0 Å². The van der Waals surface area contributed by atoms with E-state index in [4.69, 9.17) is 0 Å². The summed E-state index contributed by atoms with van der Waals surface area (Å²) in [6.07, 6.45) is 1.71. The normalized spacial score (nSPS) is 11.1. The van der Waals surface area contributed by atoms with Crippen molar-refractivity contribution >= 4 is 41.3 Å². The number of halogens is 2. The molecule has 0 bridgehead atoms. The maximum atomic E-state index is 12.8. The van der Waals surface area contributed by atoms with Gasteiger partial charge in [-0.15, -0.1) is 35.3 Å². The van der Waals surface area contributed by atoms with Gasteiger partial charge >= 0.3 is 0 Å². The number of hydrogen-bond donors (Lipinski definition) is 2. The van der Waals surface area contributed by atoms with E-state index in [1.54, 1.807) is 30.5 Å². The van der Waals surface area contributed by atoms with E-state index in [2.05, 4.69) is 27.5 Å². The molecule has 0 amide bonds.